The van der Waals surface area contributed by atoms with Crippen molar-refractivity contribution in [2.75, 3.05) is 7.11 Å². The highest BCUT2D eigenvalue weighted by Gasteiger charge is 2.43. The summed E-state index contributed by atoms with van der Waals surface area (Å²) in [6.45, 7) is 2.51. The number of hydrogen-bond acceptors (Lipinski definition) is 3. The average molecular weight is 335 g/mol. The molecule has 4 rings (SSSR count). The second kappa shape index (κ2) is 6.24. The van der Waals surface area contributed by atoms with Crippen LogP contribution in [0, 0.1) is 12.8 Å². The Morgan fingerprint density at radius 2 is 2.12 bits per heavy atom. The topological polar surface area (TPSA) is 55.6 Å². The normalized spacial score (nSPS) is 19.0. The molecule has 25 heavy (non-hydrogen) atoms. The van der Waals surface area contributed by atoms with Crippen LogP contribution in [0.25, 0.3) is 5.65 Å². The van der Waals surface area contributed by atoms with Crippen LogP contribution in [0.15, 0.2) is 48.8 Å². The Morgan fingerprint density at radius 1 is 1.32 bits per heavy atom. The quantitative estimate of drug-likeness (QED) is 0.779. The Kier molecular flexibility index (Phi) is 3.92. The van der Waals surface area contributed by atoms with E-state index in [1.165, 1.54) is 11.1 Å². The molecule has 1 aliphatic carbocycles. The van der Waals surface area contributed by atoms with Crippen molar-refractivity contribution in [3.8, 4) is 5.75 Å². The number of methoxy groups -OCH3 is 1. The fourth-order valence-electron chi connectivity index (χ4n) is 3.23. The molecule has 2 aromatic heterocycles. The molecule has 1 fully saturated rings. The number of imidazole rings is 1. The number of hydrogen-bond donors (Lipinski definition) is 1. The Labute approximate surface area is 146 Å². The van der Waals surface area contributed by atoms with Gasteiger partial charge in [0.1, 0.15) is 11.4 Å². The van der Waals surface area contributed by atoms with Gasteiger partial charge >= 0.3 is 0 Å². The molecule has 5 heteroatoms. The van der Waals surface area contributed by atoms with Gasteiger partial charge in [-0.1, -0.05) is 12.1 Å². The van der Waals surface area contributed by atoms with Gasteiger partial charge in [0.25, 0.3) is 0 Å². The summed E-state index contributed by atoms with van der Waals surface area (Å²) in [7, 11) is 1.66. The minimum Gasteiger partial charge on any atom is -0.497 e. The van der Waals surface area contributed by atoms with Gasteiger partial charge in [0.15, 0.2) is 0 Å². The number of rotatable bonds is 5. The third-order valence-corrected chi connectivity index (χ3v) is 4.78. The Morgan fingerprint density at radius 3 is 2.88 bits per heavy atom. The number of pyridine rings is 1. The maximum atomic E-state index is 12.4. The molecular formula is C20H21N3O2. The standard InChI is InChI=1S/C20H21N3O2/c1-13-7-8-23-12-15(22-19(23)9-13)11-21-20(24)18-10-17(18)14-3-5-16(25-2)6-4-14/h3-9,12,17-18H,10-11H2,1-2H3,(H,21,24)/t17-,18-/m1/s1. The average Bonchev–Trinajstić information content (AvgIpc) is 3.33. The van der Waals surface area contributed by atoms with E-state index in [0.29, 0.717) is 12.5 Å². The lowest BCUT2D eigenvalue weighted by Crippen LogP contribution is -2.25. The number of benzene rings is 1. The fourth-order valence-corrected chi connectivity index (χ4v) is 3.23. The maximum absolute atomic E-state index is 12.4. The summed E-state index contributed by atoms with van der Waals surface area (Å²) in [6.07, 6.45) is 4.86. The van der Waals surface area contributed by atoms with Gasteiger partial charge < -0.3 is 14.5 Å². The van der Waals surface area contributed by atoms with Gasteiger partial charge in [-0.25, -0.2) is 4.98 Å². The first-order chi connectivity index (χ1) is 12.1. The molecule has 0 aliphatic heterocycles. The molecule has 2 heterocycles. The molecule has 128 valence electrons. The summed E-state index contributed by atoms with van der Waals surface area (Å²) in [4.78, 5) is 16.9. The first-order valence-electron chi connectivity index (χ1n) is 8.50. The number of aryl methyl sites for hydroxylation is 1. The fraction of sp³-hybridized carbons (Fsp3) is 0.300. The van der Waals surface area contributed by atoms with Gasteiger partial charge in [0, 0.05) is 18.3 Å². The number of carbonyl (C=O) groups is 1. The van der Waals surface area contributed by atoms with Crippen LogP contribution in [-0.4, -0.2) is 22.4 Å². The number of fused-ring (bicyclic) bond motifs is 1. The van der Waals surface area contributed by atoms with E-state index in [-0.39, 0.29) is 11.8 Å². The molecule has 0 unspecified atom stereocenters. The van der Waals surface area contributed by atoms with Crippen LogP contribution in [0.4, 0.5) is 0 Å². The monoisotopic (exact) mass is 335 g/mol. The summed E-state index contributed by atoms with van der Waals surface area (Å²) in [5.41, 5.74) is 4.16. The van der Waals surface area contributed by atoms with E-state index in [4.69, 9.17) is 4.74 Å². The molecule has 1 aliphatic rings. The SMILES string of the molecule is COc1ccc([C@H]2C[C@H]2C(=O)NCc2cn3ccc(C)cc3n2)cc1. The van der Waals surface area contributed by atoms with E-state index in [1.807, 2.05) is 60.1 Å². The predicted octanol–water partition coefficient (Wildman–Crippen LogP) is 3.07. The van der Waals surface area contributed by atoms with Gasteiger partial charge in [-0.3, -0.25) is 4.79 Å². The lowest BCUT2D eigenvalue weighted by molar-refractivity contribution is -0.122. The highest BCUT2D eigenvalue weighted by molar-refractivity contribution is 5.82. The van der Waals surface area contributed by atoms with Crippen LogP contribution in [0.3, 0.4) is 0 Å². The summed E-state index contributed by atoms with van der Waals surface area (Å²) in [5, 5.41) is 3.02. The smallest absolute Gasteiger partial charge is 0.224 e. The molecule has 0 spiro atoms. The van der Waals surface area contributed by atoms with Crippen LogP contribution >= 0.6 is 0 Å². The van der Waals surface area contributed by atoms with Crippen molar-refractivity contribution >= 4 is 11.6 Å². The van der Waals surface area contributed by atoms with Gasteiger partial charge in [0.2, 0.25) is 5.91 Å². The van der Waals surface area contributed by atoms with E-state index < -0.39 is 0 Å². The number of aromatic nitrogens is 2. The largest absolute Gasteiger partial charge is 0.497 e. The molecule has 1 N–H and O–H groups in total. The zero-order chi connectivity index (χ0) is 17.4. The molecule has 5 nitrogen and oxygen atoms in total. The Bertz CT molecular complexity index is 914. The van der Waals surface area contributed by atoms with E-state index in [1.54, 1.807) is 7.11 Å². The maximum Gasteiger partial charge on any atom is 0.224 e. The van der Waals surface area contributed by atoms with Crippen molar-refractivity contribution < 1.29 is 9.53 Å². The van der Waals surface area contributed by atoms with Crippen LogP contribution in [0.1, 0.15) is 29.2 Å². The van der Waals surface area contributed by atoms with Crippen molar-refractivity contribution in [1.82, 2.24) is 14.7 Å². The van der Waals surface area contributed by atoms with Crippen molar-refractivity contribution in [2.45, 2.75) is 25.8 Å². The number of carbonyl (C=O) groups excluding carboxylic acids is 1. The molecule has 3 aromatic rings. The second-order valence-corrected chi connectivity index (χ2v) is 6.64. The minimum atomic E-state index is 0.0627. The first-order valence-corrected chi connectivity index (χ1v) is 8.50. The van der Waals surface area contributed by atoms with Gasteiger partial charge in [-0.2, -0.15) is 0 Å². The number of nitrogens with zero attached hydrogens (tertiary/aromatic N) is 2. The first kappa shape index (κ1) is 15.7. The van der Waals surface area contributed by atoms with Crippen LogP contribution < -0.4 is 10.1 Å². The highest BCUT2D eigenvalue weighted by Crippen LogP contribution is 2.47. The summed E-state index contributed by atoms with van der Waals surface area (Å²) >= 11 is 0. The summed E-state index contributed by atoms with van der Waals surface area (Å²) in [5.74, 6) is 1.32. The third kappa shape index (κ3) is 3.22. The molecule has 0 bridgehead atoms. The molecule has 1 amide bonds. The predicted molar refractivity (Wildman–Crippen MR) is 95.6 cm³/mol. The second-order valence-electron chi connectivity index (χ2n) is 6.64. The lowest BCUT2D eigenvalue weighted by atomic mass is 10.1. The molecule has 0 saturated heterocycles. The van der Waals surface area contributed by atoms with Crippen LogP contribution in [-0.2, 0) is 11.3 Å². The van der Waals surface area contributed by atoms with Gasteiger partial charge in [0.05, 0.1) is 19.3 Å². The highest BCUT2D eigenvalue weighted by atomic mass is 16.5. The van der Waals surface area contributed by atoms with Crippen molar-refractivity contribution in [3.63, 3.8) is 0 Å². The minimum absolute atomic E-state index is 0.0627. The van der Waals surface area contributed by atoms with Gasteiger partial charge in [-0.05, 0) is 54.7 Å². The van der Waals surface area contributed by atoms with Crippen molar-refractivity contribution in [3.05, 3.63) is 65.6 Å². The zero-order valence-electron chi connectivity index (χ0n) is 14.4. The van der Waals surface area contributed by atoms with Crippen molar-refractivity contribution in [2.24, 2.45) is 5.92 Å². The molecule has 1 saturated carbocycles. The van der Waals surface area contributed by atoms with E-state index in [2.05, 4.69) is 10.3 Å². The zero-order valence-corrected chi connectivity index (χ0v) is 14.4. The number of ether oxygens (including phenoxy) is 1. The third-order valence-electron chi connectivity index (χ3n) is 4.78. The lowest BCUT2D eigenvalue weighted by Gasteiger charge is -2.04. The Balaban J connectivity index is 1.36. The van der Waals surface area contributed by atoms with Gasteiger partial charge in [-0.15, -0.1) is 0 Å². The van der Waals surface area contributed by atoms with E-state index in [0.717, 1.165) is 23.5 Å². The molecule has 2 atom stereocenters. The number of amides is 1. The molecule has 1 aromatic carbocycles. The summed E-state index contributed by atoms with van der Waals surface area (Å²) < 4.78 is 7.15. The van der Waals surface area contributed by atoms with Crippen LogP contribution in [0.2, 0.25) is 0 Å². The van der Waals surface area contributed by atoms with Crippen molar-refractivity contribution in [1.29, 1.82) is 0 Å². The van der Waals surface area contributed by atoms with Crippen LogP contribution in [0.5, 0.6) is 5.75 Å². The Hall–Kier alpha value is -2.82. The molecular weight excluding hydrogens is 314 g/mol. The number of nitrogens with one attached hydrogen (secondary N) is 1. The summed E-state index contributed by atoms with van der Waals surface area (Å²) in [6, 6.07) is 12.1. The van der Waals surface area contributed by atoms with E-state index in [9.17, 15) is 4.79 Å². The molecule has 0 radical (unpaired) electrons. The van der Waals surface area contributed by atoms with E-state index >= 15 is 0 Å².